The molecule has 0 bridgehead atoms. The van der Waals surface area contributed by atoms with Gasteiger partial charge in [-0.15, -0.1) is 0 Å². The number of ether oxygens (including phenoxy) is 2. The maximum Gasteiger partial charge on any atom is 0.423 e. The Kier molecular flexibility index (Phi) is 8.57. The van der Waals surface area contributed by atoms with Crippen LogP contribution in [0.15, 0.2) is 65.7 Å². The summed E-state index contributed by atoms with van der Waals surface area (Å²) in [5.74, 6) is -0.748. The minimum Gasteiger partial charge on any atom is -0.471 e. The maximum atomic E-state index is 13.6. The minimum atomic E-state index is -4.72. The lowest BCUT2D eigenvalue weighted by Gasteiger charge is -2.23. The zero-order valence-electron chi connectivity index (χ0n) is 21.1. The fourth-order valence-electron chi connectivity index (χ4n) is 4.17. The van der Waals surface area contributed by atoms with E-state index in [0.29, 0.717) is 24.7 Å². The number of alkyl halides is 3. The molecule has 0 radical (unpaired) electrons. The van der Waals surface area contributed by atoms with E-state index in [9.17, 15) is 21.6 Å². The lowest BCUT2D eigenvalue weighted by molar-refractivity contribution is -0.140. The van der Waals surface area contributed by atoms with Crippen LogP contribution >= 0.6 is 0 Å². The molecule has 4 rings (SSSR count). The molecule has 1 fully saturated rings. The van der Waals surface area contributed by atoms with E-state index in [1.807, 2.05) is 30.3 Å². The van der Waals surface area contributed by atoms with Crippen LogP contribution in [0.25, 0.3) is 0 Å². The summed E-state index contributed by atoms with van der Waals surface area (Å²) in [7, 11) is -3.42. The third-order valence-electron chi connectivity index (χ3n) is 6.55. The van der Waals surface area contributed by atoms with E-state index < -0.39 is 39.7 Å². The highest BCUT2D eigenvalue weighted by molar-refractivity contribution is 7.92. The van der Waals surface area contributed by atoms with Crippen molar-refractivity contribution < 1.29 is 31.1 Å². The van der Waals surface area contributed by atoms with Crippen LogP contribution in [0.3, 0.4) is 0 Å². The molecule has 2 atom stereocenters. The predicted octanol–water partition coefficient (Wildman–Crippen LogP) is 6.33. The van der Waals surface area contributed by atoms with Gasteiger partial charge in [0.05, 0.1) is 22.9 Å². The van der Waals surface area contributed by atoms with Crippen molar-refractivity contribution >= 4 is 21.5 Å². The normalized spacial score (nSPS) is 16.2. The van der Waals surface area contributed by atoms with Gasteiger partial charge in [-0.25, -0.2) is 13.4 Å². The number of nitrogens with one attached hydrogen (secondary N) is 1. The number of hydrogen-bond donors (Lipinski definition) is 1. The molecule has 7 nitrogen and oxygen atoms in total. The van der Waals surface area contributed by atoms with Gasteiger partial charge in [0.1, 0.15) is 11.7 Å². The average molecular weight is 550 g/mol. The molecule has 1 N–H and O–H groups in total. The van der Waals surface area contributed by atoms with E-state index >= 15 is 0 Å². The molecule has 0 saturated heterocycles. The van der Waals surface area contributed by atoms with E-state index in [1.165, 1.54) is 24.3 Å². The Morgan fingerprint density at radius 1 is 1.00 bits per heavy atom. The second kappa shape index (κ2) is 11.7. The van der Waals surface area contributed by atoms with E-state index in [1.54, 1.807) is 13.8 Å². The Bertz CT molecular complexity index is 1310. The Morgan fingerprint density at radius 2 is 1.66 bits per heavy atom. The van der Waals surface area contributed by atoms with Gasteiger partial charge < -0.3 is 14.8 Å². The smallest absolute Gasteiger partial charge is 0.423 e. The van der Waals surface area contributed by atoms with Crippen LogP contribution in [0, 0.1) is 0 Å². The molecular weight excluding hydrogens is 519 g/mol. The molecule has 2 unspecified atom stereocenters. The van der Waals surface area contributed by atoms with Gasteiger partial charge in [-0.3, -0.25) is 0 Å². The van der Waals surface area contributed by atoms with Gasteiger partial charge in [0.2, 0.25) is 11.8 Å². The van der Waals surface area contributed by atoms with Crippen molar-refractivity contribution in [2.75, 3.05) is 5.32 Å². The van der Waals surface area contributed by atoms with Gasteiger partial charge in [0.25, 0.3) is 0 Å². The summed E-state index contributed by atoms with van der Waals surface area (Å²) in [6, 6.07) is 15.4. The highest BCUT2D eigenvalue weighted by atomic mass is 32.2. The van der Waals surface area contributed by atoms with Crippen LogP contribution in [0.1, 0.15) is 50.7 Å². The Labute approximate surface area is 220 Å². The second-order valence-electron chi connectivity index (χ2n) is 9.34. The van der Waals surface area contributed by atoms with E-state index in [2.05, 4.69) is 15.3 Å². The molecule has 1 aromatic heterocycles. The number of anilines is 2. The van der Waals surface area contributed by atoms with Crippen molar-refractivity contribution in [2.45, 2.75) is 74.7 Å². The van der Waals surface area contributed by atoms with Gasteiger partial charge in [0, 0.05) is 11.9 Å². The maximum absolute atomic E-state index is 13.6. The molecule has 1 aliphatic carbocycles. The largest absolute Gasteiger partial charge is 0.471 e. The minimum absolute atomic E-state index is 0.121. The second-order valence-corrected chi connectivity index (χ2v) is 11.6. The van der Waals surface area contributed by atoms with E-state index in [4.69, 9.17) is 9.47 Å². The Morgan fingerprint density at radius 3 is 2.29 bits per heavy atom. The van der Waals surface area contributed by atoms with Crippen molar-refractivity contribution in [1.82, 2.24) is 9.97 Å². The predicted molar refractivity (Wildman–Crippen MR) is 137 cm³/mol. The average Bonchev–Trinajstić information content (AvgIpc) is 3.44. The molecule has 3 aromatic rings. The number of sulfone groups is 1. The van der Waals surface area contributed by atoms with Crippen molar-refractivity contribution in [3.05, 3.63) is 71.9 Å². The fraction of sp³-hybridized carbons (Fsp3) is 0.407. The zero-order chi connectivity index (χ0) is 27.3. The Balaban J connectivity index is 1.47. The van der Waals surface area contributed by atoms with Crippen LogP contribution in [0.5, 0.6) is 5.88 Å². The molecule has 0 aliphatic heterocycles. The molecule has 38 heavy (non-hydrogen) atoms. The highest BCUT2D eigenvalue weighted by Gasteiger charge is 2.37. The van der Waals surface area contributed by atoms with Crippen LogP contribution in [0.4, 0.5) is 24.8 Å². The number of aromatic nitrogens is 2. The summed E-state index contributed by atoms with van der Waals surface area (Å²) in [4.78, 5) is 7.98. The monoisotopic (exact) mass is 549 g/mol. The number of rotatable bonds is 10. The summed E-state index contributed by atoms with van der Waals surface area (Å²) < 4.78 is 77.9. The quantitative estimate of drug-likeness (QED) is 0.316. The van der Waals surface area contributed by atoms with Gasteiger partial charge >= 0.3 is 6.18 Å². The van der Waals surface area contributed by atoms with Crippen molar-refractivity contribution in [2.24, 2.45) is 0 Å². The van der Waals surface area contributed by atoms with Crippen LogP contribution in [0.2, 0.25) is 0 Å². The lowest BCUT2D eigenvalue weighted by Crippen LogP contribution is -2.30. The highest BCUT2D eigenvalue weighted by Crippen LogP contribution is 2.36. The third-order valence-corrected chi connectivity index (χ3v) is 8.83. The topological polar surface area (TPSA) is 90.4 Å². The molecule has 1 saturated carbocycles. The van der Waals surface area contributed by atoms with Gasteiger partial charge in [-0.1, -0.05) is 43.2 Å². The molecule has 2 aromatic carbocycles. The fourth-order valence-corrected chi connectivity index (χ4v) is 6.02. The number of halogens is 3. The number of hydrogen-bond acceptors (Lipinski definition) is 7. The third kappa shape index (κ3) is 6.82. The molecule has 0 spiro atoms. The van der Waals surface area contributed by atoms with E-state index in [0.717, 1.165) is 18.4 Å². The standard InChI is InChI=1S/C27H30F3N3O4S/c1-18(36-17-20-8-4-3-5-9-20)19(2)37-25-24(27(28,29)30)16-31-26(33-25)32-21-12-14-23(15-13-21)38(34,35)22-10-6-7-11-22/h3-5,8-9,12-16,18-19,22H,6-7,10-11,17H2,1-2H3,(H,31,32,33). The summed E-state index contributed by atoms with van der Waals surface area (Å²) in [5, 5.41) is 2.45. The molecule has 11 heteroatoms. The summed E-state index contributed by atoms with van der Waals surface area (Å²) in [6.45, 7) is 3.60. The van der Waals surface area contributed by atoms with Crippen LogP contribution in [-0.4, -0.2) is 35.8 Å². The van der Waals surface area contributed by atoms with Gasteiger partial charge in [-0.05, 0) is 56.5 Å². The molecular formula is C27H30F3N3O4S. The Hall–Kier alpha value is -3.18. The SMILES string of the molecule is CC(OCc1ccccc1)C(C)Oc1nc(Nc2ccc(S(=O)(=O)C3CCCC3)cc2)ncc1C(F)(F)F. The molecule has 1 aliphatic rings. The van der Waals surface area contributed by atoms with Crippen LogP contribution in [-0.2, 0) is 27.4 Å². The molecule has 1 heterocycles. The molecule has 0 amide bonds. The zero-order valence-corrected chi connectivity index (χ0v) is 21.9. The van der Waals surface area contributed by atoms with Crippen LogP contribution < -0.4 is 10.1 Å². The van der Waals surface area contributed by atoms with Crippen molar-refractivity contribution in [1.29, 1.82) is 0 Å². The summed E-state index contributed by atoms with van der Waals surface area (Å²) in [5.41, 5.74) is 0.245. The first kappa shape index (κ1) is 27.8. The molecule has 204 valence electrons. The first-order chi connectivity index (χ1) is 18.0. The van der Waals surface area contributed by atoms with E-state index in [-0.39, 0.29) is 22.7 Å². The number of benzene rings is 2. The summed E-state index contributed by atoms with van der Waals surface area (Å²) in [6.07, 6.45) is -2.24. The van der Waals surface area contributed by atoms with Gasteiger partial charge in [0.15, 0.2) is 9.84 Å². The van der Waals surface area contributed by atoms with Gasteiger partial charge in [-0.2, -0.15) is 18.2 Å². The van der Waals surface area contributed by atoms with Crippen molar-refractivity contribution in [3.63, 3.8) is 0 Å². The number of nitrogens with zero attached hydrogens (tertiary/aromatic N) is 2. The lowest BCUT2D eigenvalue weighted by atomic mass is 10.2. The first-order valence-electron chi connectivity index (χ1n) is 12.4. The van der Waals surface area contributed by atoms with Crippen molar-refractivity contribution in [3.8, 4) is 5.88 Å². The summed E-state index contributed by atoms with van der Waals surface area (Å²) >= 11 is 0. The first-order valence-corrected chi connectivity index (χ1v) is 14.0.